The van der Waals surface area contributed by atoms with Crippen molar-refractivity contribution in [2.24, 2.45) is 16.8 Å². The molecule has 0 radical (unpaired) electrons. The Morgan fingerprint density at radius 3 is 1.72 bits per heavy atom. The van der Waals surface area contributed by atoms with Crippen molar-refractivity contribution in [2.45, 2.75) is 84.0 Å². The number of aromatic nitrogens is 2. The number of nitrogens with zero attached hydrogens (tertiary/aromatic N) is 4. The SMILES string of the molecule is COC(=O)NC(C(=O)N1CCC[C@@H]1c1ncc(-c2ccc(-c3ccc(C4=CN=C([C@@H]5CCCN5C(=O)[C@@H](NC(=O)OC)C(C)C)C4)cc3)cc2)[nH]1)C(C)C. The number of likely N-dealkylation sites (tertiary alicyclic amines) is 2. The van der Waals surface area contributed by atoms with E-state index in [1.54, 1.807) is 6.20 Å². The number of H-pyrrole nitrogens is 1. The van der Waals surface area contributed by atoms with Crippen LogP contribution in [0.4, 0.5) is 9.59 Å². The number of allylic oxidation sites excluding steroid dienone is 1. The van der Waals surface area contributed by atoms with E-state index in [1.165, 1.54) is 14.2 Å². The van der Waals surface area contributed by atoms with Crippen molar-refractivity contribution in [2.75, 3.05) is 27.3 Å². The first-order valence-electron chi connectivity index (χ1n) is 18.8. The molecule has 286 valence electrons. The molecule has 4 atom stereocenters. The van der Waals surface area contributed by atoms with E-state index in [1.807, 2.05) is 43.7 Å². The summed E-state index contributed by atoms with van der Waals surface area (Å²) in [5.41, 5.74) is 7.18. The lowest BCUT2D eigenvalue weighted by atomic mass is 9.95. The minimum absolute atomic E-state index is 0.0837. The highest BCUT2D eigenvalue weighted by molar-refractivity contribution is 6.04. The van der Waals surface area contributed by atoms with Gasteiger partial charge in [-0.3, -0.25) is 14.6 Å². The van der Waals surface area contributed by atoms with E-state index in [9.17, 15) is 19.2 Å². The number of rotatable bonds is 11. The van der Waals surface area contributed by atoms with Crippen molar-refractivity contribution in [3.8, 4) is 22.4 Å². The number of benzene rings is 2. The zero-order valence-electron chi connectivity index (χ0n) is 31.9. The van der Waals surface area contributed by atoms with Crippen molar-refractivity contribution < 1.29 is 28.7 Å². The normalized spacial score (nSPS) is 19.4. The zero-order valence-corrected chi connectivity index (χ0v) is 31.9. The van der Waals surface area contributed by atoms with Gasteiger partial charge in [0.05, 0.1) is 38.2 Å². The Kier molecular flexibility index (Phi) is 11.8. The zero-order chi connectivity index (χ0) is 38.5. The maximum absolute atomic E-state index is 13.5. The molecule has 3 aromatic rings. The van der Waals surface area contributed by atoms with Gasteiger partial charge in [0, 0.05) is 31.4 Å². The van der Waals surface area contributed by atoms with Crippen LogP contribution in [-0.2, 0) is 19.1 Å². The van der Waals surface area contributed by atoms with Crippen molar-refractivity contribution in [1.29, 1.82) is 0 Å². The van der Waals surface area contributed by atoms with Crippen molar-refractivity contribution in [3.63, 3.8) is 0 Å². The van der Waals surface area contributed by atoms with Gasteiger partial charge in [0.2, 0.25) is 11.8 Å². The first-order chi connectivity index (χ1) is 26.0. The molecule has 54 heavy (non-hydrogen) atoms. The number of amides is 4. The summed E-state index contributed by atoms with van der Waals surface area (Å²) in [5.74, 6) is 0.306. The fourth-order valence-electron chi connectivity index (χ4n) is 7.65. The van der Waals surface area contributed by atoms with Crippen LogP contribution in [0.25, 0.3) is 28.0 Å². The average Bonchev–Trinajstić information content (AvgIpc) is 4.02. The minimum Gasteiger partial charge on any atom is -0.453 e. The van der Waals surface area contributed by atoms with Crippen LogP contribution in [0.3, 0.4) is 0 Å². The molecule has 4 amide bonds. The van der Waals surface area contributed by atoms with Crippen LogP contribution in [0.5, 0.6) is 0 Å². The van der Waals surface area contributed by atoms with E-state index in [2.05, 4.69) is 69.1 Å². The van der Waals surface area contributed by atoms with E-state index < -0.39 is 24.3 Å². The summed E-state index contributed by atoms with van der Waals surface area (Å²) >= 11 is 0. The molecular weight excluding hydrogens is 686 g/mol. The molecule has 3 aliphatic rings. The topological polar surface area (TPSA) is 158 Å². The summed E-state index contributed by atoms with van der Waals surface area (Å²) in [6, 6.07) is 15.1. The molecule has 1 unspecified atom stereocenters. The second-order valence-corrected chi connectivity index (χ2v) is 14.9. The highest BCUT2D eigenvalue weighted by Crippen LogP contribution is 2.34. The number of aliphatic imine (C=N–C) groups is 1. The number of methoxy groups -OCH3 is 2. The summed E-state index contributed by atoms with van der Waals surface area (Å²) < 4.78 is 9.52. The van der Waals surface area contributed by atoms with Gasteiger partial charge in [-0.15, -0.1) is 0 Å². The lowest BCUT2D eigenvalue weighted by molar-refractivity contribution is -0.135. The maximum Gasteiger partial charge on any atom is 0.407 e. The molecule has 13 heteroatoms. The second kappa shape index (κ2) is 16.7. The maximum atomic E-state index is 13.5. The summed E-state index contributed by atoms with van der Waals surface area (Å²) in [6.07, 6.45) is 6.52. The summed E-state index contributed by atoms with van der Waals surface area (Å²) in [5, 5.41) is 5.41. The van der Waals surface area contributed by atoms with Crippen molar-refractivity contribution in [1.82, 2.24) is 30.4 Å². The van der Waals surface area contributed by atoms with Crippen LogP contribution in [0.2, 0.25) is 0 Å². The Morgan fingerprint density at radius 2 is 1.20 bits per heavy atom. The van der Waals surface area contributed by atoms with Crippen LogP contribution in [-0.4, -0.2) is 94.9 Å². The molecule has 0 saturated carbocycles. The van der Waals surface area contributed by atoms with Crippen LogP contribution >= 0.6 is 0 Å². The molecule has 0 spiro atoms. The fourth-order valence-corrected chi connectivity index (χ4v) is 7.65. The van der Waals surface area contributed by atoms with Crippen molar-refractivity contribution in [3.05, 3.63) is 72.3 Å². The summed E-state index contributed by atoms with van der Waals surface area (Å²) in [6.45, 7) is 8.87. The number of nitrogens with one attached hydrogen (secondary N) is 3. The molecule has 1 aromatic heterocycles. The third-order valence-corrected chi connectivity index (χ3v) is 10.7. The molecule has 0 bridgehead atoms. The molecule has 3 aliphatic heterocycles. The summed E-state index contributed by atoms with van der Waals surface area (Å²) in [7, 11) is 2.59. The van der Waals surface area contributed by atoms with E-state index in [-0.39, 0.29) is 35.7 Å². The number of carbonyl (C=O) groups is 4. The predicted molar refractivity (Wildman–Crippen MR) is 206 cm³/mol. The van der Waals surface area contributed by atoms with Gasteiger partial charge < -0.3 is 34.9 Å². The first-order valence-corrected chi connectivity index (χ1v) is 18.8. The molecule has 3 N–H and O–H groups in total. The van der Waals surface area contributed by atoms with Gasteiger partial charge in [0.1, 0.15) is 17.9 Å². The van der Waals surface area contributed by atoms with E-state index in [0.29, 0.717) is 19.5 Å². The predicted octanol–water partition coefficient (Wildman–Crippen LogP) is 6.35. The molecule has 0 aliphatic carbocycles. The molecule has 6 rings (SSSR count). The Hall–Kier alpha value is -5.46. The van der Waals surface area contributed by atoms with E-state index in [0.717, 1.165) is 70.7 Å². The molecule has 2 fully saturated rings. The van der Waals surface area contributed by atoms with Gasteiger partial charge in [-0.05, 0) is 65.3 Å². The number of carbonyl (C=O) groups excluding carboxylic acids is 4. The second-order valence-electron chi connectivity index (χ2n) is 14.9. The van der Waals surface area contributed by atoms with Gasteiger partial charge in [-0.2, -0.15) is 0 Å². The van der Waals surface area contributed by atoms with Gasteiger partial charge >= 0.3 is 12.2 Å². The number of ether oxygens (including phenoxy) is 2. The molecule has 2 aromatic carbocycles. The molecule has 13 nitrogen and oxygen atoms in total. The average molecular weight is 738 g/mol. The monoisotopic (exact) mass is 737 g/mol. The first kappa shape index (κ1) is 38.3. The number of imidazole rings is 1. The van der Waals surface area contributed by atoms with E-state index in [4.69, 9.17) is 14.5 Å². The highest BCUT2D eigenvalue weighted by Gasteiger charge is 2.39. The minimum atomic E-state index is -0.684. The fraction of sp³-hybridized carbons (Fsp3) is 0.463. The van der Waals surface area contributed by atoms with Crippen LogP contribution < -0.4 is 10.6 Å². The van der Waals surface area contributed by atoms with Gasteiger partial charge in [-0.1, -0.05) is 76.2 Å². The number of aromatic amines is 1. The van der Waals surface area contributed by atoms with Gasteiger partial charge in [0.25, 0.3) is 0 Å². The Balaban J connectivity index is 1.07. The largest absolute Gasteiger partial charge is 0.453 e. The van der Waals surface area contributed by atoms with Crippen molar-refractivity contribution >= 4 is 35.3 Å². The Labute approximate surface area is 316 Å². The summed E-state index contributed by atoms with van der Waals surface area (Å²) in [4.78, 5) is 67.5. The third kappa shape index (κ3) is 8.19. The van der Waals surface area contributed by atoms with Gasteiger partial charge in [0.15, 0.2) is 0 Å². The Morgan fingerprint density at radius 1 is 0.722 bits per heavy atom. The molecule has 4 heterocycles. The lowest BCUT2D eigenvalue weighted by Crippen LogP contribution is -2.53. The number of alkyl carbamates (subject to hydrolysis) is 2. The molecule has 2 saturated heterocycles. The lowest BCUT2D eigenvalue weighted by Gasteiger charge is -2.31. The number of hydrogen-bond donors (Lipinski definition) is 3. The van der Waals surface area contributed by atoms with E-state index >= 15 is 0 Å². The quantitative estimate of drug-likeness (QED) is 0.207. The van der Waals surface area contributed by atoms with Crippen LogP contribution in [0, 0.1) is 11.8 Å². The van der Waals surface area contributed by atoms with Gasteiger partial charge in [-0.25, -0.2) is 14.6 Å². The number of hydrogen-bond acceptors (Lipinski definition) is 8. The standard InChI is InChI=1S/C41H51N7O6/c1-24(2)35(45-40(51)53-5)38(49)47-19-7-9-33(47)31-21-30(22-42-31)28-13-11-26(12-14-28)27-15-17-29(18-16-27)32-23-43-37(44-32)34-10-8-20-48(34)39(50)36(25(3)4)46-41(52)54-6/h11-18,22-25,33-36H,7-10,19-21H2,1-6H3,(H,43,44)(H,45,51)(H,46,52)/t33-,34+,35-,36?/m0/s1. The van der Waals surface area contributed by atoms with Crippen LogP contribution in [0.1, 0.15) is 77.2 Å². The molecular formula is C41H51N7O6. The third-order valence-electron chi connectivity index (χ3n) is 10.7. The highest BCUT2D eigenvalue weighted by atomic mass is 16.5. The Bertz CT molecular complexity index is 1900. The van der Waals surface area contributed by atoms with Crippen LogP contribution in [0.15, 0.2) is 65.9 Å². The smallest absolute Gasteiger partial charge is 0.407 e.